The lowest BCUT2D eigenvalue weighted by atomic mass is 10.2. The van der Waals surface area contributed by atoms with Crippen molar-refractivity contribution in [3.63, 3.8) is 0 Å². The lowest BCUT2D eigenvalue weighted by molar-refractivity contribution is 0.415. The third kappa shape index (κ3) is 6.82. The normalized spacial score (nSPS) is 11.6. The average molecular weight is 314 g/mol. The highest BCUT2D eigenvalue weighted by atomic mass is 32.2. The molecule has 0 radical (unpaired) electrons. The Morgan fingerprint density at radius 1 is 1.05 bits per heavy atom. The van der Waals surface area contributed by atoms with E-state index in [1.165, 1.54) is 0 Å². The summed E-state index contributed by atoms with van der Waals surface area (Å²) in [6, 6.07) is 7.80. The van der Waals surface area contributed by atoms with E-state index in [1.807, 2.05) is 24.3 Å². The van der Waals surface area contributed by atoms with Crippen molar-refractivity contribution in [2.75, 3.05) is 25.5 Å². The highest BCUT2D eigenvalue weighted by molar-refractivity contribution is 7.90. The van der Waals surface area contributed by atoms with Gasteiger partial charge in [-0.1, -0.05) is 6.42 Å². The molecule has 21 heavy (non-hydrogen) atoms. The number of hydrogen-bond acceptors (Lipinski definition) is 4. The van der Waals surface area contributed by atoms with E-state index in [1.54, 1.807) is 21.0 Å². The number of hydrogen-bond donors (Lipinski definition) is 2. The number of anilines is 1. The largest absolute Gasteiger partial charge is 0.497 e. The second kappa shape index (κ2) is 8.89. The third-order valence-corrected chi connectivity index (χ3v) is 5.04. The molecule has 0 heterocycles. The van der Waals surface area contributed by atoms with Gasteiger partial charge in [0.1, 0.15) is 5.75 Å². The number of benzene rings is 1. The molecule has 0 amide bonds. The van der Waals surface area contributed by atoms with Crippen LogP contribution in [0.4, 0.5) is 5.69 Å². The van der Waals surface area contributed by atoms with Gasteiger partial charge < -0.3 is 10.1 Å². The van der Waals surface area contributed by atoms with E-state index in [2.05, 4.69) is 10.0 Å². The SMILES string of the molecule is COc1ccc(NCCCCCNS(=O)(=O)C(C)C)cc1. The molecule has 6 heteroatoms. The standard InChI is InChI=1S/C15H26N2O3S/c1-13(2)21(18,19)17-12-6-4-5-11-16-14-7-9-15(20-3)10-8-14/h7-10,13,16-17H,4-6,11-12H2,1-3H3. The van der Waals surface area contributed by atoms with Gasteiger partial charge in [0.2, 0.25) is 10.0 Å². The zero-order valence-electron chi connectivity index (χ0n) is 13.1. The van der Waals surface area contributed by atoms with Gasteiger partial charge in [-0.2, -0.15) is 0 Å². The molecule has 0 fully saturated rings. The van der Waals surface area contributed by atoms with Crippen LogP contribution in [0.25, 0.3) is 0 Å². The zero-order chi connectivity index (χ0) is 15.7. The molecule has 0 saturated heterocycles. The van der Waals surface area contributed by atoms with E-state index >= 15 is 0 Å². The summed E-state index contributed by atoms with van der Waals surface area (Å²) in [6.07, 6.45) is 2.86. The van der Waals surface area contributed by atoms with Crippen LogP contribution in [0.5, 0.6) is 5.75 Å². The molecule has 0 spiro atoms. The van der Waals surface area contributed by atoms with Crippen molar-refractivity contribution in [2.24, 2.45) is 0 Å². The Balaban J connectivity index is 2.09. The van der Waals surface area contributed by atoms with E-state index < -0.39 is 10.0 Å². The number of methoxy groups -OCH3 is 1. The maximum Gasteiger partial charge on any atom is 0.213 e. The van der Waals surface area contributed by atoms with Crippen molar-refractivity contribution in [1.82, 2.24) is 4.72 Å². The van der Waals surface area contributed by atoms with Gasteiger partial charge in [-0.15, -0.1) is 0 Å². The molecule has 1 rings (SSSR count). The van der Waals surface area contributed by atoms with Crippen molar-refractivity contribution < 1.29 is 13.2 Å². The first-order valence-electron chi connectivity index (χ1n) is 7.32. The lowest BCUT2D eigenvalue weighted by Crippen LogP contribution is -2.31. The Kier molecular flexibility index (Phi) is 7.53. The Hall–Kier alpha value is -1.27. The van der Waals surface area contributed by atoms with E-state index in [4.69, 9.17) is 4.74 Å². The van der Waals surface area contributed by atoms with Crippen LogP contribution in [0.15, 0.2) is 24.3 Å². The fraction of sp³-hybridized carbons (Fsp3) is 0.600. The molecule has 0 aliphatic carbocycles. The Labute approximate surface area is 128 Å². The van der Waals surface area contributed by atoms with Crippen LogP contribution in [0.1, 0.15) is 33.1 Å². The first-order valence-corrected chi connectivity index (χ1v) is 8.87. The Bertz CT molecular complexity index is 498. The van der Waals surface area contributed by atoms with E-state index in [0.717, 1.165) is 37.2 Å². The molecular weight excluding hydrogens is 288 g/mol. The Morgan fingerprint density at radius 3 is 2.24 bits per heavy atom. The summed E-state index contributed by atoms with van der Waals surface area (Å²) in [7, 11) is -1.47. The van der Waals surface area contributed by atoms with Crippen LogP contribution in [-0.4, -0.2) is 33.9 Å². The first-order chi connectivity index (χ1) is 9.95. The van der Waals surface area contributed by atoms with Crippen molar-refractivity contribution in [3.05, 3.63) is 24.3 Å². The summed E-state index contributed by atoms with van der Waals surface area (Å²) in [4.78, 5) is 0. The molecule has 1 aromatic carbocycles. The summed E-state index contributed by atoms with van der Waals surface area (Å²) in [5.41, 5.74) is 1.07. The van der Waals surface area contributed by atoms with Gasteiger partial charge in [-0.05, 0) is 51.0 Å². The second-order valence-electron chi connectivity index (χ2n) is 5.20. The number of rotatable bonds is 10. The smallest absolute Gasteiger partial charge is 0.213 e. The van der Waals surface area contributed by atoms with Crippen LogP contribution >= 0.6 is 0 Å². The number of unbranched alkanes of at least 4 members (excludes halogenated alkanes) is 2. The van der Waals surface area contributed by atoms with Gasteiger partial charge in [0, 0.05) is 18.8 Å². The van der Waals surface area contributed by atoms with Crippen molar-refractivity contribution in [2.45, 2.75) is 38.4 Å². The summed E-state index contributed by atoms with van der Waals surface area (Å²) >= 11 is 0. The van der Waals surface area contributed by atoms with Crippen LogP contribution in [-0.2, 0) is 10.0 Å². The van der Waals surface area contributed by atoms with Crippen molar-refractivity contribution >= 4 is 15.7 Å². The number of ether oxygens (including phenoxy) is 1. The molecule has 0 bridgehead atoms. The predicted molar refractivity (Wildman–Crippen MR) is 87.4 cm³/mol. The van der Waals surface area contributed by atoms with Crippen LogP contribution in [0, 0.1) is 0 Å². The molecule has 5 nitrogen and oxygen atoms in total. The summed E-state index contributed by atoms with van der Waals surface area (Å²) in [6.45, 7) is 4.76. The molecule has 0 aliphatic rings. The van der Waals surface area contributed by atoms with Crippen LogP contribution in [0.2, 0.25) is 0 Å². The van der Waals surface area contributed by atoms with Gasteiger partial charge in [-0.25, -0.2) is 13.1 Å². The molecular formula is C15H26N2O3S. The van der Waals surface area contributed by atoms with E-state index in [9.17, 15) is 8.42 Å². The van der Waals surface area contributed by atoms with Gasteiger partial charge in [0.25, 0.3) is 0 Å². The van der Waals surface area contributed by atoms with Gasteiger partial charge >= 0.3 is 0 Å². The van der Waals surface area contributed by atoms with Crippen molar-refractivity contribution in [3.8, 4) is 5.75 Å². The van der Waals surface area contributed by atoms with Gasteiger partial charge in [-0.3, -0.25) is 0 Å². The third-order valence-electron chi connectivity index (χ3n) is 3.20. The zero-order valence-corrected chi connectivity index (χ0v) is 13.9. The molecule has 0 aliphatic heterocycles. The van der Waals surface area contributed by atoms with Crippen LogP contribution in [0.3, 0.4) is 0 Å². The minimum Gasteiger partial charge on any atom is -0.497 e. The van der Waals surface area contributed by atoms with Crippen LogP contribution < -0.4 is 14.8 Å². The predicted octanol–water partition coefficient (Wildman–Crippen LogP) is 2.61. The summed E-state index contributed by atoms with van der Waals surface area (Å²) in [5, 5.41) is 2.96. The van der Waals surface area contributed by atoms with E-state index in [-0.39, 0.29) is 5.25 Å². The maximum absolute atomic E-state index is 11.5. The topological polar surface area (TPSA) is 67.4 Å². The minimum absolute atomic E-state index is 0.366. The monoisotopic (exact) mass is 314 g/mol. The molecule has 0 aromatic heterocycles. The van der Waals surface area contributed by atoms with E-state index in [0.29, 0.717) is 6.54 Å². The highest BCUT2D eigenvalue weighted by Gasteiger charge is 2.13. The molecule has 1 aromatic rings. The number of nitrogens with one attached hydrogen (secondary N) is 2. The number of sulfonamides is 1. The quantitative estimate of drug-likeness (QED) is 0.651. The molecule has 120 valence electrons. The lowest BCUT2D eigenvalue weighted by Gasteiger charge is -2.10. The van der Waals surface area contributed by atoms with Gasteiger partial charge in [0.15, 0.2) is 0 Å². The Morgan fingerprint density at radius 2 is 1.67 bits per heavy atom. The maximum atomic E-state index is 11.5. The molecule has 0 atom stereocenters. The summed E-state index contributed by atoms with van der Waals surface area (Å²) in [5.74, 6) is 0.845. The highest BCUT2D eigenvalue weighted by Crippen LogP contribution is 2.14. The minimum atomic E-state index is -3.12. The van der Waals surface area contributed by atoms with Gasteiger partial charge in [0.05, 0.1) is 12.4 Å². The second-order valence-corrected chi connectivity index (χ2v) is 7.53. The van der Waals surface area contributed by atoms with Crippen molar-refractivity contribution in [1.29, 1.82) is 0 Å². The molecule has 0 unspecified atom stereocenters. The fourth-order valence-electron chi connectivity index (χ4n) is 1.75. The average Bonchev–Trinajstić information content (AvgIpc) is 2.46. The fourth-order valence-corrected chi connectivity index (χ4v) is 2.51. The first kappa shape index (κ1) is 17.8. The summed E-state index contributed by atoms with van der Waals surface area (Å²) < 4.78 is 30.8. The molecule has 0 saturated carbocycles. The molecule has 2 N–H and O–H groups in total.